The van der Waals surface area contributed by atoms with Crippen molar-refractivity contribution in [2.75, 3.05) is 59.8 Å². The number of hydrogen-bond acceptors (Lipinski definition) is 21. The van der Waals surface area contributed by atoms with Crippen LogP contribution in [0.3, 0.4) is 0 Å². The van der Waals surface area contributed by atoms with Gasteiger partial charge in [-0.2, -0.15) is 25.3 Å². The summed E-state index contributed by atoms with van der Waals surface area (Å²) in [6.07, 6.45) is 21.7. The minimum absolute atomic E-state index is 0.0575. The minimum Gasteiger partial charge on any atom is -0.477 e. The summed E-state index contributed by atoms with van der Waals surface area (Å²) in [5.41, 5.74) is 2.95. The normalized spacial score (nSPS) is 24.1. The van der Waals surface area contributed by atoms with Crippen molar-refractivity contribution in [3.63, 3.8) is 0 Å². The number of sulfonamides is 2. The van der Waals surface area contributed by atoms with Crippen molar-refractivity contribution in [2.24, 2.45) is 45.3 Å². The van der Waals surface area contributed by atoms with Crippen molar-refractivity contribution in [3.05, 3.63) is 120 Å². The Labute approximate surface area is 578 Å². The number of fused-ring (bicyclic) bond motifs is 14. The fraction of sp³-hybridized carbons (Fsp3) is 0.521. The first-order valence-electron chi connectivity index (χ1n) is 35.3. The van der Waals surface area contributed by atoms with E-state index in [4.69, 9.17) is 25.0 Å². The van der Waals surface area contributed by atoms with Gasteiger partial charge in [0.2, 0.25) is 11.8 Å². The first kappa shape index (κ1) is 64.0. The Bertz CT molecular complexity index is 4760. The summed E-state index contributed by atoms with van der Waals surface area (Å²) >= 11 is 0. The highest BCUT2D eigenvalue weighted by molar-refractivity contribution is 7.90. The number of carbonyl (C=O) groups is 2. The Balaban J connectivity index is 0.000000159. The van der Waals surface area contributed by atoms with Gasteiger partial charge < -0.3 is 34.1 Å². The standard InChI is InChI=1S/C39H45N7O7S2.C32H39N7O4S/c1-25-6-8-27(9-7-25)55(50,51)53-29-11-13-33-42-34(29)40-20-4-5-26-23-37(2,3)45(24-26)35-28(36(47)44-54(33,48)49)10-12-31(41-35)46-21-14-32(43-46)52-22-15-30-38(16-17-38)39(30)18-19-39;1-30(2)19-21-5-4-16-33-24-6-3-7-27(34-24)44(41,42)37-29(40)22-8-9-25(35-28(22)38(30)20-21)39-17-10-26(36-39)43-18-11-23-31(12-13-31)32(23)14-15-32/h6-14,21,26,30H,4-5,15-20,22-24H2,1-3H3,(H,40,42)(H,44,47);3,6-10,17,21,23H,4-5,11-16,18-20H2,1-2H3,(H,33,34)(H,37,40)/t26-;21-/m00/s1/i;6D. The predicted octanol–water partition coefficient (Wildman–Crippen LogP) is 10.2. The van der Waals surface area contributed by atoms with Crippen LogP contribution in [0.25, 0.3) is 11.6 Å². The van der Waals surface area contributed by atoms with Gasteiger partial charge in [0.25, 0.3) is 31.9 Å². The van der Waals surface area contributed by atoms with Gasteiger partial charge in [-0.25, -0.2) is 38.7 Å². The van der Waals surface area contributed by atoms with E-state index >= 15 is 0 Å². The van der Waals surface area contributed by atoms with Crippen LogP contribution in [0.1, 0.15) is 158 Å². The van der Waals surface area contributed by atoms with Crippen LogP contribution in [0.2, 0.25) is 0 Å². The lowest BCUT2D eigenvalue weighted by Crippen LogP contribution is -2.41. The van der Waals surface area contributed by atoms with Crippen molar-refractivity contribution in [1.29, 1.82) is 0 Å². The molecule has 2 amide bonds. The second kappa shape index (κ2) is 23.6. The monoisotopic (exact) mass is 1410 g/mol. The largest absolute Gasteiger partial charge is 0.477 e. The molecule has 0 radical (unpaired) electrons. The van der Waals surface area contributed by atoms with Gasteiger partial charge in [-0.3, -0.25) is 9.59 Å². The molecule has 1 aromatic carbocycles. The molecule has 522 valence electrons. The van der Waals surface area contributed by atoms with Crippen molar-refractivity contribution < 1.29 is 49.9 Å². The number of ether oxygens (including phenoxy) is 2. The van der Waals surface area contributed by atoms with Gasteiger partial charge in [0.15, 0.2) is 33.3 Å². The molecule has 25 nitrogen and oxygen atoms in total. The van der Waals surface area contributed by atoms with E-state index in [2.05, 4.69) is 77.7 Å². The maximum absolute atomic E-state index is 14.0. The number of rotatable bonds is 13. The van der Waals surface area contributed by atoms with E-state index in [9.17, 15) is 34.8 Å². The molecule has 4 spiro atoms. The van der Waals surface area contributed by atoms with Crippen molar-refractivity contribution in [3.8, 4) is 29.1 Å². The first-order chi connectivity index (χ1) is 47.7. The molecule has 8 fully saturated rings. The molecule has 10 aliphatic rings. The fourth-order valence-electron chi connectivity index (χ4n) is 18.0. The molecule has 4 aliphatic heterocycles. The van der Waals surface area contributed by atoms with Gasteiger partial charge >= 0.3 is 10.1 Å². The zero-order valence-corrected chi connectivity index (χ0v) is 58.7. The van der Waals surface area contributed by atoms with E-state index in [0.29, 0.717) is 108 Å². The number of benzene rings is 1. The molecule has 4 N–H and O–H groups in total. The Hall–Kier alpha value is -8.37. The van der Waals surface area contributed by atoms with E-state index in [0.717, 1.165) is 68.4 Å². The fourth-order valence-corrected chi connectivity index (χ4v) is 20.8. The zero-order valence-electron chi connectivity index (χ0n) is 57.3. The summed E-state index contributed by atoms with van der Waals surface area (Å²) in [5.74, 6) is 3.19. The van der Waals surface area contributed by atoms with Gasteiger partial charge in [-0.1, -0.05) is 23.8 Å². The Morgan fingerprint density at radius 1 is 0.586 bits per heavy atom. The highest BCUT2D eigenvalue weighted by atomic mass is 32.2. The highest BCUT2D eigenvalue weighted by Crippen LogP contribution is 2.94. The molecule has 6 saturated carbocycles. The SMILES string of the molecule is Cc1ccc(S(=O)(=O)Oc2ccc3nc2NCCC[C@@H]2CN(c4nc(-n5ccc(OCCC6C7(CC7)C67CC7)n5)ccc4C(=O)NS3(=O)=O)C(C)(C)C2)cc1.[2H]c1ccc2nc1NCCC[C@@H]1CN(c3nc(-n4ccc(OCCC5C6(CC6)C56CC6)n4)ccc3C(=O)NS2(=O)=O)C(C)(C)C1. The lowest BCUT2D eigenvalue weighted by molar-refractivity contribution is 0.0972. The Kier molecular flexibility index (Phi) is 15.3. The summed E-state index contributed by atoms with van der Waals surface area (Å²) in [4.78, 5) is 50.0. The van der Waals surface area contributed by atoms with Gasteiger partial charge in [0.1, 0.15) is 22.3 Å². The Morgan fingerprint density at radius 3 is 1.55 bits per heavy atom. The van der Waals surface area contributed by atoms with E-state index in [1.54, 1.807) is 58.2 Å². The molecular formula is C71H84N14O11S3. The predicted molar refractivity (Wildman–Crippen MR) is 368 cm³/mol. The highest BCUT2D eigenvalue weighted by Gasteiger charge is 2.86. The number of carbonyl (C=O) groups excluding carboxylic acids is 2. The second-order valence-corrected chi connectivity index (χ2v) is 35.2. The molecule has 6 aliphatic carbocycles. The molecule has 2 atom stereocenters. The van der Waals surface area contributed by atoms with E-state index in [1.807, 2.05) is 19.1 Å². The van der Waals surface area contributed by atoms with Gasteiger partial charge in [-0.15, -0.1) is 10.2 Å². The maximum atomic E-state index is 14.0. The number of aryl methyl sites for hydroxylation is 1. The summed E-state index contributed by atoms with van der Waals surface area (Å²) in [6, 6.07) is 21.3. The number of aromatic nitrogens is 8. The molecule has 2 saturated heterocycles. The molecule has 0 unspecified atom stereocenters. The number of nitrogens with one attached hydrogen (secondary N) is 4. The minimum atomic E-state index is -4.54. The van der Waals surface area contributed by atoms with Crippen LogP contribution in [0.5, 0.6) is 17.5 Å². The average molecular weight is 1410 g/mol. The van der Waals surface area contributed by atoms with Crippen LogP contribution >= 0.6 is 0 Å². The van der Waals surface area contributed by atoms with Crippen molar-refractivity contribution in [1.82, 2.24) is 48.9 Å². The number of anilines is 4. The molecule has 8 bridgehead atoms. The molecule has 28 heteroatoms. The average Bonchev–Trinajstić information content (AvgIpc) is 1.45. The van der Waals surface area contributed by atoms with Crippen molar-refractivity contribution >= 4 is 65.3 Å². The van der Waals surface area contributed by atoms with Crippen molar-refractivity contribution in [2.45, 2.75) is 163 Å². The van der Waals surface area contributed by atoms with Gasteiger partial charge in [0, 0.05) is 61.8 Å². The maximum Gasteiger partial charge on any atom is 0.339 e. The van der Waals surface area contributed by atoms with Crippen LogP contribution in [-0.4, -0.2) is 127 Å². The van der Waals surface area contributed by atoms with Crippen LogP contribution in [0.15, 0.2) is 118 Å². The molecular weight excluding hydrogens is 1320 g/mol. The Morgan fingerprint density at radius 2 is 1.06 bits per heavy atom. The number of amides is 2. The van der Waals surface area contributed by atoms with E-state index in [-0.39, 0.29) is 55.9 Å². The lowest BCUT2D eigenvalue weighted by Gasteiger charge is -2.34. The van der Waals surface area contributed by atoms with Gasteiger partial charge in [-0.05, 0) is 243 Å². The van der Waals surface area contributed by atoms with Crippen LogP contribution in [-0.2, 0) is 30.2 Å². The number of pyridine rings is 4. The third-order valence-electron chi connectivity index (χ3n) is 23.4. The third kappa shape index (κ3) is 12.0. The third-order valence-corrected chi connectivity index (χ3v) is 27.1. The molecule has 10 heterocycles. The summed E-state index contributed by atoms with van der Waals surface area (Å²) in [6.45, 7) is 13.7. The second-order valence-electron chi connectivity index (χ2n) is 30.4. The summed E-state index contributed by atoms with van der Waals surface area (Å²) in [5, 5.41) is 14.7. The quantitative estimate of drug-likeness (QED) is 0.0780. The summed E-state index contributed by atoms with van der Waals surface area (Å²) < 4.78 is 114. The summed E-state index contributed by atoms with van der Waals surface area (Å²) in [7, 11) is -13.1. The van der Waals surface area contributed by atoms with Gasteiger partial charge in [0.05, 0.1) is 25.7 Å². The lowest BCUT2D eigenvalue weighted by atomic mass is 9.93. The molecule has 99 heavy (non-hydrogen) atoms. The molecule has 17 rings (SSSR count). The molecule has 7 aromatic rings. The topological polar surface area (TPSA) is 306 Å². The smallest absolute Gasteiger partial charge is 0.339 e. The number of hydrogen-bond donors (Lipinski definition) is 4. The first-order valence-corrected chi connectivity index (χ1v) is 39.2. The zero-order chi connectivity index (χ0) is 69.6. The van der Waals surface area contributed by atoms with E-state index in [1.165, 1.54) is 81.7 Å². The van der Waals surface area contributed by atoms with Crippen LogP contribution in [0.4, 0.5) is 23.3 Å². The molecule has 6 aromatic heterocycles. The number of nitrogens with zero attached hydrogens (tertiary/aromatic N) is 10. The van der Waals surface area contributed by atoms with Crippen LogP contribution in [0, 0.1) is 52.3 Å². The van der Waals surface area contributed by atoms with Crippen LogP contribution < -0.4 is 43.5 Å². The van der Waals surface area contributed by atoms with E-state index < -0.39 is 52.5 Å².